The molecule has 4 atom stereocenters. The van der Waals surface area contributed by atoms with Crippen molar-refractivity contribution in [2.45, 2.75) is 76.5 Å². The van der Waals surface area contributed by atoms with Gasteiger partial charge in [-0.25, -0.2) is 4.79 Å². The van der Waals surface area contributed by atoms with E-state index in [1.54, 1.807) is 0 Å². The predicted octanol–water partition coefficient (Wildman–Crippen LogP) is -0.299. The van der Waals surface area contributed by atoms with Crippen molar-refractivity contribution in [3.05, 3.63) is 35.9 Å². The Morgan fingerprint density at radius 1 is 1.11 bits per heavy atom. The van der Waals surface area contributed by atoms with E-state index in [-0.39, 0.29) is 37.2 Å². The van der Waals surface area contributed by atoms with Gasteiger partial charge >= 0.3 is 5.97 Å². The average Bonchev–Trinajstić information content (AvgIpc) is 3.35. The van der Waals surface area contributed by atoms with Crippen LogP contribution in [0.1, 0.15) is 51.5 Å². The zero-order chi connectivity index (χ0) is 28.2. The van der Waals surface area contributed by atoms with Gasteiger partial charge in [-0.1, -0.05) is 44.2 Å². The van der Waals surface area contributed by atoms with E-state index in [4.69, 9.17) is 17.2 Å². The highest BCUT2D eigenvalue weighted by atomic mass is 16.4. The molecule has 12 nitrogen and oxygen atoms in total. The number of amides is 3. The lowest BCUT2D eigenvalue weighted by Gasteiger charge is -2.29. The molecule has 0 spiro atoms. The second-order valence-electron chi connectivity index (χ2n) is 10.0. The van der Waals surface area contributed by atoms with Crippen LogP contribution in [0, 0.1) is 5.92 Å². The van der Waals surface area contributed by atoms with Crippen molar-refractivity contribution in [1.29, 1.82) is 0 Å². The molecular weight excluding hydrogens is 490 g/mol. The van der Waals surface area contributed by atoms with E-state index in [9.17, 15) is 24.3 Å². The fourth-order valence-corrected chi connectivity index (χ4v) is 4.48. The third kappa shape index (κ3) is 9.66. The molecule has 1 aliphatic heterocycles. The summed E-state index contributed by atoms with van der Waals surface area (Å²) in [6.07, 6.45) is 2.18. The minimum absolute atomic E-state index is 0.0319. The molecule has 1 aliphatic rings. The second kappa shape index (κ2) is 14.9. The number of aliphatic carboxylic acids is 1. The van der Waals surface area contributed by atoms with Gasteiger partial charge in [-0.2, -0.15) is 0 Å². The summed E-state index contributed by atoms with van der Waals surface area (Å²) in [6.45, 7) is 4.32. The van der Waals surface area contributed by atoms with Gasteiger partial charge < -0.3 is 37.8 Å². The molecule has 0 saturated carbocycles. The van der Waals surface area contributed by atoms with Crippen molar-refractivity contribution in [2.75, 3.05) is 13.1 Å². The van der Waals surface area contributed by atoms with E-state index in [0.717, 1.165) is 5.56 Å². The molecule has 1 saturated heterocycles. The number of nitrogens with zero attached hydrogens (tertiary/aromatic N) is 2. The molecule has 2 rings (SSSR count). The van der Waals surface area contributed by atoms with Crippen LogP contribution in [0.25, 0.3) is 0 Å². The maximum absolute atomic E-state index is 13.3. The molecule has 0 radical (unpaired) electrons. The van der Waals surface area contributed by atoms with Crippen molar-refractivity contribution >= 4 is 29.7 Å². The summed E-state index contributed by atoms with van der Waals surface area (Å²) in [7, 11) is 0. The number of rotatable bonds is 14. The summed E-state index contributed by atoms with van der Waals surface area (Å²) >= 11 is 0. The molecule has 3 amide bonds. The first-order valence-electron chi connectivity index (χ1n) is 13.0. The molecule has 1 aromatic carbocycles. The normalized spacial score (nSPS) is 17.4. The average molecular weight is 532 g/mol. The van der Waals surface area contributed by atoms with Crippen molar-refractivity contribution in [2.24, 2.45) is 28.1 Å². The van der Waals surface area contributed by atoms with Gasteiger partial charge in [0.2, 0.25) is 17.7 Å². The smallest absolute Gasteiger partial charge is 0.326 e. The summed E-state index contributed by atoms with van der Waals surface area (Å²) < 4.78 is 0. The van der Waals surface area contributed by atoms with Crippen LogP contribution in [0.3, 0.4) is 0 Å². The van der Waals surface area contributed by atoms with E-state index >= 15 is 0 Å². The second-order valence-corrected chi connectivity index (χ2v) is 10.0. The van der Waals surface area contributed by atoms with E-state index < -0.39 is 42.0 Å². The van der Waals surface area contributed by atoms with E-state index in [0.29, 0.717) is 32.2 Å². The van der Waals surface area contributed by atoms with E-state index in [1.165, 1.54) is 4.90 Å². The third-order valence-electron chi connectivity index (χ3n) is 6.35. The molecule has 38 heavy (non-hydrogen) atoms. The van der Waals surface area contributed by atoms with Crippen LogP contribution in [-0.4, -0.2) is 76.9 Å². The van der Waals surface area contributed by atoms with Crippen LogP contribution in [0.2, 0.25) is 0 Å². The summed E-state index contributed by atoms with van der Waals surface area (Å²) in [5.74, 6) is -2.65. The fourth-order valence-electron chi connectivity index (χ4n) is 4.48. The number of hydrogen-bond donors (Lipinski definition) is 6. The third-order valence-corrected chi connectivity index (χ3v) is 6.35. The minimum Gasteiger partial charge on any atom is -0.480 e. The number of carbonyl (C=O) groups excluding carboxylic acids is 3. The zero-order valence-corrected chi connectivity index (χ0v) is 22.1. The molecule has 1 heterocycles. The predicted molar refractivity (Wildman–Crippen MR) is 144 cm³/mol. The number of nitrogens with one attached hydrogen (secondary N) is 2. The largest absolute Gasteiger partial charge is 0.480 e. The Morgan fingerprint density at radius 2 is 1.79 bits per heavy atom. The molecule has 12 heteroatoms. The number of guanidine groups is 1. The molecule has 0 aliphatic carbocycles. The lowest BCUT2D eigenvalue weighted by Crippen LogP contribution is -2.56. The van der Waals surface area contributed by atoms with Crippen LogP contribution >= 0.6 is 0 Å². The van der Waals surface area contributed by atoms with Gasteiger partial charge in [0.25, 0.3) is 0 Å². The standard InChI is InChI=1S/C26H41N7O5/c1-16(2)14-20(25(37)38)32-22(34)19(10-6-12-30-26(28)29)31-23(35)21-11-7-13-33(21)24(36)18(27)15-17-8-4-3-5-9-17/h3-5,8-9,16,18-21H,6-7,10-15,27H2,1-2H3,(H,31,35)(H,32,34)(H,37,38)(H4,28,29,30)/t18-,19-,20-,21-/m0/s1. The van der Waals surface area contributed by atoms with Crippen molar-refractivity contribution in [1.82, 2.24) is 15.5 Å². The van der Waals surface area contributed by atoms with Crippen LogP contribution in [0.4, 0.5) is 0 Å². The van der Waals surface area contributed by atoms with Gasteiger partial charge in [0.15, 0.2) is 5.96 Å². The number of hydrogen-bond acceptors (Lipinski definition) is 6. The zero-order valence-electron chi connectivity index (χ0n) is 22.1. The maximum Gasteiger partial charge on any atom is 0.326 e. The SMILES string of the molecule is CC(C)C[C@H](NC(=O)[C@H](CCCN=C(N)N)NC(=O)[C@@H]1CCCN1C(=O)[C@@H](N)Cc1ccccc1)C(=O)O. The highest BCUT2D eigenvalue weighted by Crippen LogP contribution is 2.20. The number of carbonyl (C=O) groups is 4. The molecule has 9 N–H and O–H groups in total. The van der Waals surface area contributed by atoms with Gasteiger partial charge in [0.1, 0.15) is 18.1 Å². The highest BCUT2D eigenvalue weighted by Gasteiger charge is 2.38. The molecular formula is C26H41N7O5. The Morgan fingerprint density at radius 3 is 2.39 bits per heavy atom. The number of nitrogens with two attached hydrogens (primary N) is 3. The lowest BCUT2D eigenvalue weighted by atomic mass is 10.0. The Hall–Kier alpha value is -3.67. The van der Waals surface area contributed by atoms with Crippen molar-refractivity contribution in [3.8, 4) is 0 Å². The van der Waals surface area contributed by atoms with E-state index in [1.807, 2.05) is 44.2 Å². The maximum atomic E-state index is 13.3. The molecule has 210 valence electrons. The monoisotopic (exact) mass is 531 g/mol. The summed E-state index contributed by atoms with van der Waals surface area (Å²) in [5, 5.41) is 14.8. The number of benzene rings is 1. The van der Waals surface area contributed by atoms with Crippen LogP contribution in [-0.2, 0) is 25.6 Å². The first kappa shape index (κ1) is 30.6. The quantitative estimate of drug-likeness (QED) is 0.106. The Balaban J connectivity index is 2.11. The van der Waals surface area contributed by atoms with Crippen molar-refractivity contribution < 1.29 is 24.3 Å². The minimum atomic E-state index is -1.15. The topological polar surface area (TPSA) is 206 Å². The molecule has 1 aromatic rings. The van der Waals surface area contributed by atoms with Gasteiger partial charge in [0.05, 0.1) is 6.04 Å². The molecule has 0 bridgehead atoms. The van der Waals surface area contributed by atoms with Gasteiger partial charge in [0, 0.05) is 13.1 Å². The van der Waals surface area contributed by atoms with E-state index in [2.05, 4.69) is 15.6 Å². The number of aliphatic imine (C=N–C) groups is 1. The van der Waals surface area contributed by atoms with Crippen LogP contribution < -0.4 is 27.8 Å². The van der Waals surface area contributed by atoms with Gasteiger partial charge in [-0.05, 0) is 50.0 Å². The van der Waals surface area contributed by atoms with Crippen LogP contribution in [0.5, 0.6) is 0 Å². The summed E-state index contributed by atoms with van der Waals surface area (Å²) in [4.78, 5) is 56.5. The van der Waals surface area contributed by atoms with Gasteiger partial charge in [-0.15, -0.1) is 0 Å². The molecule has 1 fully saturated rings. The molecule has 0 aromatic heterocycles. The number of carboxylic acids is 1. The Kier molecular flexibility index (Phi) is 12.0. The molecule has 0 unspecified atom stereocenters. The summed E-state index contributed by atoms with van der Waals surface area (Å²) in [6, 6.07) is 5.68. The Labute approximate surface area is 223 Å². The first-order valence-corrected chi connectivity index (χ1v) is 13.0. The Bertz CT molecular complexity index is 981. The number of likely N-dealkylation sites (tertiary alicyclic amines) is 1. The summed E-state index contributed by atoms with van der Waals surface area (Å²) in [5.41, 5.74) is 17.8. The van der Waals surface area contributed by atoms with Crippen molar-refractivity contribution in [3.63, 3.8) is 0 Å². The number of carboxylic acid groups (broad SMARTS) is 1. The lowest BCUT2D eigenvalue weighted by molar-refractivity contribution is -0.143. The fraction of sp³-hybridized carbons (Fsp3) is 0.577. The highest BCUT2D eigenvalue weighted by molar-refractivity contribution is 5.94. The van der Waals surface area contributed by atoms with Gasteiger partial charge in [-0.3, -0.25) is 19.4 Å². The van der Waals surface area contributed by atoms with Crippen LogP contribution in [0.15, 0.2) is 35.3 Å². The first-order chi connectivity index (χ1) is 18.0.